The third-order valence-electron chi connectivity index (χ3n) is 5.05. The van der Waals surface area contributed by atoms with E-state index in [2.05, 4.69) is 49.8 Å². The number of benzene rings is 1. The summed E-state index contributed by atoms with van der Waals surface area (Å²) < 4.78 is 38.0. The van der Waals surface area contributed by atoms with Crippen LogP contribution in [0.1, 0.15) is 29.6 Å². The maximum Gasteiger partial charge on any atom is 0.434 e. The lowest BCUT2D eigenvalue weighted by atomic mass is 10.1. The second kappa shape index (κ2) is 10.8. The average molecular weight is 440 g/mol. The molecule has 2 N–H and O–H groups in total. The van der Waals surface area contributed by atoms with E-state index in [9.17, 15) is 13.2 Å². The Labute approximate surface area is 179 Å². The molecule has 5 nitrogen and oxygen atoms in total. The average Bonchev–Trinajstić information content (AvgIpc) is 3.39. The molecule has 3 rings (SSSR count). The molecule has 1 fully saturated rings. The fourth-order valence-corrected chi connectivity index (χ4v) is 4.18. The summed E-state index contributed by atoms with van der Waals surface area (Å²) in [4.78, 5) is 10.5. The van der Waals surface area contributed by atoms with E-state index >= 15 is 0 Å². The van der Waals surface area contributed by atoms with Crippen LogP contribution in [0.4, 0.5) is 13.2 Å². The molecule has 0 saturated carbocycles. The zero-order valence-corrected chi connectivity index (χ0v) is 17.9. The van der Waals surface area contributed by atoms with Crippen molar-refractivity contribution in [1.29, 1.82) is 0 Å². The van der Waals surface area contributed by atoms with Crippen LogP contribution < -0.4 is 10.6 Å². The standard InChI is InChI=1S/C21H28F3N5S/c1-2-25-20(27-13-19-28-18(15-30-19)21(22,23)24)26-12-17-9-11-29(14-17)10-8-16-6-4-3-5-7-16/h3-7,15,17H,2,8-14H2,1H3,(H2,25,26,27). The lowest BCUT2D eigenvalue weighted by molar-refractivity contribution is -0.140. The second-order valence-electron chi connectivity index (χ2n) is 7.39. The molecule has 1 unspecified atom stereocenters. The van der Waals surface area contributed by atoms with Crippen molar-refractivity contribution in [3.05, 3.63) is 52.0 Å². The highest BCUT2D eigenvalue weighted by Gasteiger charge is 2.33. The molecule has 1 saturated heterocycles. The number of aliphatic imine (C=N–C) groups is 1. The van der Waals surface area contributed by atoms with Gasteiger partial charge in [-0.15, -0.1) is 11.3 Å². The molecule has 164 valence electrons. The van der Waals surface area contributed by atoms with E-state index in [0.29, 0.717) is 23.4 Å². The summed E-state index contributed by atoms with van der Waals surface area (Å²) in [5, 5.41) is 7.87. The first kappa shape index (κ1) is 22.6. The topological polar surface area (TPSA) is 52.6 Å². The molecule has 1 aromatic carbocycles. The van der Waals surface area contributed by atoms with Crippen molar-refractivity contribution >= 4 is 17.3 Å². The minimum absolute atomic E-state index is 0.129. The predicted molar refractivity (Wildman–Crippen MR) is 115 cm³/mol. The smallest absolute Gasteiger partial charge is 0.357 e. The molecule has 1 aliphatic heterocycles. The molecule has 1 aromatic heterocycles. The van der Waals surface area contributed by atoms with Crippen molar-refractivity contribution in [2.24, 2.45) is 10.9 Å². The van der Waals surface area contributed by atoms with Gasteiger partial charge in [-0.1, -0.05) is 30.3 Å². The van der Waals surface area contributed by atoms with Crippen molar-refractivity contribution in [2.45, 2.75) is 32.5 Å². The maximum absolute atomic E-state index is 12.7. The number of nitrogens with one attached hydrogen (secondary N) is 2. The minimum Gasteiger partial charge on any atom is -0.357 e. The highest BCUT2D eigenvalue weighted by molar-refractivity contribution is 7.09. The molecule has 0 radical (unpaired) electrons. The summed E-state index contributed by atoms with van der Waals surface area (Å²) >= 11 is 0.983. The molecule has 1 aliphatic rings. The number of guanidine groups is 1. The van der Waals surface area contributed by atoms with E-state index in [0.717, 1.165) is 55.7 Å². The maximum atomic E-state index is 12.7. The Morgan fingerprint density at radius 1 is 1.27 bits per heavy atom. The Kier molecular flexibility index (Phi) is 8.09. The number of aromatic nitrogens is 1. The minimum atomic E-state index is -4.41. The van der Waals surface area contributed by atoms with Gasteiger partial charge < -0.3 is 15.5 Å². The van der Waals surface area contributed by atoms with E-state index in [4.69, 9.17) is 0 Å². The molecule has 2 heterocycles. The molecule has 1 atom stereocenters. The van der Waals surface area contributed by atoms with Crippen LogP contribution in [0.5, 0.6) is 0 Å². The van der Waals surface area contributed by atoms with E-state index in [-0.39, 0.29) is 6.54 Å². The van der Waals surface area contributed by atoms with Gasteiger partial charge in [0.25, 0.3) is 0 Å². The van der Waals surface area contributed by atoms with Gasteiger partial charge in [0.05, 0.1) is 6.54 Å². The number of likely N-dealkylation sites (tertiary alicyclic amines) is 1. The Morgan fingerprint density at radius 3 is 2.77 bits per heavy atom. The summed E-state index contributed by atoms with van der Waals surface area (Å²) in [7, 11) is 0. The first-order chi connectivity index (χ1) is 14.4. The summed E-state index contributed by atoms with van der Waals surface area (Å²) in [5.41, 5.74) is 0.508. The molecule has 0 aliphatic carbocycles. The molecule has 2 aromatic rings. The van der Waals surface area contributed by atoms with Gasteiger partial charge in [-0.25, -0.2) is 9.98 Å². The van der Waals surface area contributed by atoms with Gasteiger partial charge in [-0.05, 0) is 37.8 Å². The van der Waals surface area contributed by atoms with Gasteiger partial charge in [-0.3, -0.25) is 0 Å². The molecule has 0 bridgehead atoms. The Hall–Kier alpha value is -2.13. The van der Waals surface area contributed by atoms with Crippen molar-refractivity contribution in [2.75, 3.05) is 32.7 Å². The monoisotopic (exact) mass is 439 g/mol. The number of halogens is 3. The number of rotatable bonds is 8. The largest absolute Gasteiger partial charge is 0.434 e. The number of nitrogens with zero attached hydrogens (tertiary/aromatic N) is 3. The first-order valence-corrected chi connectivity index (χ1v) is 11.1. The molecular weight excluding hydrogens is 411 g/mol. The highest BCUT2D eigenvalue weighted by atomic mass is 32.1. The third kappa shape index (κ3) is 6.98. The summed E-state index contributed by atoms with van der Waals surface area (Å²) in [6.45, 7) is 6.75. The highest BCUT2D eigenvalue weighted by Crippen LogP contribution is 2.30. The zero-order valence-electron chi connectivity index (χ0n) is 17.1. The van der Waals surface area contributed by atoms with Crippen LogP contribution in [0.25, 0.3) is 0 Å². The van der Waals surface area contributed by atoms with E-state index < -0.39 is 11.9 Å². The van der Waals surface area contributed by atoms with Crippen LogP contribution in [0.2, 0.25) is 0 Å². The Morgan fingerprint density at radius 2 is 2.07 bits per heavy atom. The summed E-state index contributed by atoms with van der Waals surface area (Å²) in [6.07, 6.45) is -2.22. The van der Waals surface area contributed by atoms with Crippen LogP contribution in [-0.4, -0.2) is 48.6 Å². The van der Waals surface area contributed by atoms with Gasteiger partial charge in [0.1, 0.15) is 5.01 Å². The van der Waals surface area contributed by atoms with Crippen LogP contribution in [0, 0.1) is 5.92 Å². The van der Waals surface area contributed by atoms with Crippen molar-refractivity contribution in [3.8, 4) is 0 Å². The van der Waals surface area contributed by atoms with Crippen molar-refractivity contribution in [1.82, 2.24) is 20.5 Å². The Balaban J connectivity index is 1.44. The van der Waals surface area contributed by atoms with Gasteiger partial charge in [-0.2, -0.15) is 13.2 Å². The lowest BCUT2D eigenvalue weighted by Gasteiger charge is -2.17. The fourth-order valence-electron chi connectivity index (χ4n) is 3.46. The van der Waals surface area contributed by atoms with Gasteiger partial charge in [0, 0.05) is 31.6 Å². The van der Waals surface area contributed by atoms with Crippen LogP contribution in [0.15, 0.2) is 40.7 Å². The number of thiazole rings is 1. The molecule has 0 amide bonds. The predicted octanol–water partition coefficient (Wildman–Crippen LogP) is 3.78. The number of hydrogen-bond donors (Lipinski definition) is 2. The summed E-state index contributed by atoms with van der Waals surface area (Å²) in [5.74, 6) is 1.14. The Bertz CT molecular complexity index is 806. The van der Waals surface area contributed by atoms with Crippen LogP contribution >= 0.6 is 11.3 Å². The van der Waals surface area contributed by atoms with E-state index in [1.807, 2.05) is 13.0 Å². The number of hydrogen-bond acceptors (Lipinski definition) is 4. The van der Waals surface area contributed by atoms with Crippen LogP contribution in [-0.2, 0) is 19.1 Å². The first-order valence-electron chi connectivity index (χ1n) is 10.2. The summed E-state index contributed by atoms with van der Waals surface area (Å²) in [6, 6.07) is 10.5. The number of alkyl halides is 3. The van der Waals surface area contributed by atoms with Gasteiger partial charge in [0.2, 0.25) is 0 Å². The normalized spacial score (nSPS) is 18.0. The van der Waals surface area contributed by atoms with E-state index in [1.54, 1.807) is 0 Å². The SMILES string of the molecule is CCNC(=NCc1nc(C(F)(F)F)cs1)NCC1CCN(CCc2ccccc2)C1. The second-order valence-corrected chi connectivity index (χ2v) is 8.33. The van der Waals surface area contributed by atoms with Crippen molar-refractivity contribution in [3.63, 3.8) is 0 Å². The molecular formula is C21H28F3N5S. The lowest BCUT2D eigenvalue weighted by Crippen LogP contribution is -2.40. The molecule has 30 heavy (non-hydrogen) atoms. The fraction of sp³-hybridized carbons (Fsp3) is 0.524. The third-order valence-corrected chi connectivity index (χ3v) is 5.88. The van der Waals surface area contributed by atoms with Gasteiger partial charge in [0.15, 0.2) is 11.7 Å². The van der Waals surface area contributed by atoms with Gasteiger partial charge >= 0.3 is 6.18 Å². The zero-order chi connectivity index (χ0) is 21.4. The van der Waals surface area contributed by atoms with Crippen LogP contribution in [0.3, 0.4) is 0 Å². The quantitative estimate of drug-likeness (QED) is 0.486. The van der Waals surface area contributed by atoms with E-state index in [1.165, 1.54) is 5.56 Å². The molecule has 0 spiro atoms. The van der Waals surface area contributed by atoms with Crippen molar-refractivity contribution < 1.29 is 13.2 Å². The molecule has 9 heteroatoms.